The Labute approximate surface area is 95.6 Å². The zero-order chi connectivity index (χ0) is 12.3. The summed E-state index contributed by atoms with van der Waals surface area (Å²) in [5, 5.41) is 14.7. The number of hydrogen-bond donors (Lipinski definition) is 3. The predicted octanol–water partition coefficient (Wildman–Crippen LogP) is 0.211. The van der Waals surface area contributed by atoms with Crippen LogP contribution in [0, 0.1) is 11.3 Å². The summed E-state index contributed by atoms with van der Waals surface area (Å²) < 4.78 is 0. The first-order chi connectivity index (χ1) is 7.34. The van der Waals surface area contributed by atoms with E-state index in [2.05, 4.69) is 10.6 Å². The first kappa shape index (κ1) is 13.0. The molecule has 0 bridgehead atoms. The van der Waals surface area contributed by atoms with E-state index in [4.69, 9.17) is 5.11 Å². The van der Waals surface area contributed by atoms with Crippen LogP contribution in [0.1, 0.15) is 27.2 Å². The summed E-state index contributed by atoms with van der Waals surface area (Å²) in [5.74, 6) is -0.688. The Balaban J connectivity index is 2.44. The molecule has 3 N–H and O–H groups in total. The lowest BCUT2D eigenvalue weighted by molar-refractivity contribution is -0.146. The number of carbonyl (C=O) groups excluding carboxylic acids is 1. The van der Waals surface area contributed by atoms with Crippen LogP contribution in [-0.4, -0.2) is 36.1 Å². The standard InChI is InChI=1S/C11H20N2O3/c1-7-4-5-12-8(7)9(14)13-6-11(2,3)10(15)16/h7-8,12H,4-6H2,1-3H3,(H,13,14)(H,15,16). The van der Waals surface area contributed by atoms with Crippen molar-refractivity contribution in [2.45, 2.75) is 33.2 Å². The Morgan fingerprint density at radius 3 is 2.56 bits per heavy atom. The molecule has 1 aliphatic heterocycles. The Kier molecular flexibility index (Phi) is 3.91. The third-order valence-electron chi connectivity index (χ3n) is 3.10. The maximum atomic E-state index is 11.8. The Bertz CT molecular complexity index is 289. The summed E-state index contributed by atoms with van der Waals surface area (Å²) in [4.78, 5) is 22.6. The molecule has 2 atom stereocenters. The van der Waals surface area contributed by atoms with Gasteiger partial charge in [0, 0.05) is 6.54 Å². The second kappa shape index (κ2) is 4.82. The highest BCUT2D eigenvalue weighted by Crippen LogP contribution is 2.16. The van der Waals surface area contributed by atoms with Crippen LogP contribution in [0.4, 0.5) is 0 Å². The third kappa shape index (κ3) is 2.95. The van der Waals surface area contributed by atoms with Crippen LogP contribution in [-0.2, 0) is 9.59 Å². The number of carboxylic acid groups (broad SMARTS) is 1. The summed E-state index contributed by atoms with van der Waals surface area (Å²) in [6.45, 7) is 6.22. The average Bonchev–Trinajstić information content (AvgIpc) is 2.61. The molecule has 0 aliphatic carbocycles. The van der Waals surface area contributed by atoms with Crippen molar-refractivity contribution in [3.8, 4) is 0 Å². The van der Waals surface area contributed by atoms with Crippen molar-refractivity contribution in [1.29, 1.82) is 0 Å². The molecule has 1 amide bonds. The van der Waals surface area contributed by atoms with Gasteiger partial charge in [-0.3, -0.25) is 9.59 Å². The quantitative estimate of drug-likeness (QED) is 0.643. The van der Waals surface area contributed by atoms with Crippen molar-refractivity contribution in [1.82, 2.24) is 10.6 Å². The van der Waals surface area contributed by atoms with Crippen molar-refractivity contribution in [2.24, 2.45) is 11.3 Å². The van der Waals surface area contributed by atoms with Gasteiger partial charge in [-0.15, -0.1) is 0 Å². The SMILES string of the molecule is CC1CCNC1C(=O)NCC(C)(C)C(=O)O. The number of carboxylic acids is 1. The fourth-order valence-electron chi connectivity index (χ4n) is 1.68. The molecule has 0 saturated carbocycles. The van der Waals surface area contributed by atoms with Gasteiger partial charge in [-0.25, -0.2) is 0 Å². The summed E-state index contributed by atoms with van der Waals surface area (Å²) >= 11 is 0. The van der Waals surface area contributed by atoms with E-state index in [1.54, 1.807) is 13.8 Å². The molecule has 0 aromatic carbocycles. The van der Waals surface area contributed by atoms with Gasteiger partial charge in [0.2, 0.25) is 5.91 Å². The van der Waals surface area contributed by atoms with Gasteiger partial charge in [0.1, 0.15) is 0 Å². The monoisotopic (exact) mass is 228 g/mol. The minimum absolute atomic E-state index is 0.0978. The van der Waals surface area contributed by atoms with Gasteiger partial charge in [-0.2, -0.15) is 0 Å². The number of nitrogens with one attached hydrogen (secondary N) is 2. The highest BCUT2D eigenvalue weighted by Gasteiger charge is 2.32. The minimum atomic E-state index is -0.919. The smallest absolute Gasteiger partial charge is 0.310 e. The van der Waals surface area contributed by atoms with Crippen LogP contribution < -0.4 is 10.6 Å². The lowest BCUT2D eigenvalue weighted by Gasteiger charge is -2.22. The van der Waals surface area contributed by atoms with E-state index in [1.807, 2.05) is 6.92 Å². The van der Waals surface area contributed by atoms with Crippen molar-refractivity contribution < 1.29 is 14.7 Å². The van der Waals surface area contributed by atoms with E-state index in [0.717, 1.165) is 13.0 Å². The Morgan fingerprint density at radius 2 is 2.12 bits per heavy atom. The molecule has 1 saturated heterocycles. The van der Waals surface area contributed by atoms with Crippen LogP contribution in [0.25, 0.3) is 0 Å². The largest absolute Gasteiger partial charge is 0.481 e. The van der Waals surface area contributed by atoms with E-state index >= 15 is 0 Å². The maximum Gasteiger partial charge on any atom is 0.310 e. The number of carbonyl (C=O) groups is 2. The maximum absolute atomic E-state index is 11.8. The van der Waals surface area contributed by atoms with Gasteiger partial charge in [0.05, 0.1) is 11.5 Å². The van der Waals surface area contributed by atoms with E-state index < -0.39 is 11.4 Å². The Morgan fingerprint density at radius 1 is 1.50 bits per heavy atom. The summed E-state index contributed by atoms with van der Waals surface area (Å²) in [6.07, 6.45) is 0.987. The van der Waals surface area contributed by atoms with Crippen LogP contribution in [0.3, 0.4) is 0 Å². The molecule has 5 heteroatoms. The van der Waals surface area contributed by atoms with E-state index in [9.17, 15) is 9.59 Å². The topological polar surface area (TPSA) is 78.4 Å². The van der Waals surface area contributed by atoms with Gasteiger partial charge in [-0.05, 0) is 32.7 Å². The second-order valence-corrected chi connectivity index (χ2v) is 5.10. The van der Waals surface area contributed by atoms with E-state index in [1.165, 1.54) is 0 Å². The van der Waals surface area contributed by atoms with E-state index in [0.29, 0.717) is 5.92 Å². The number of hydrogen-bond acceptors (Lipinski definition) is 3. The van der Waals surface area contributed by atoms with Crippen molar-refractivity contribution in [2.75, 3.05) is 13.1 Å². The molecule has 0 radical (unpaired) electrons. The number of amides is 1. The second-order valence-electron chi connectivity index (χ2n) is 5.10. The van der Waals surface area contributed by atoms with Crippen LogP contribution in [0.5, 0.6) is 0 Å². The fraction of sp³-hybridized carbons (Fsp3) is 0.818. The predicted molar refractivity (Wildman–Crippen MR) is 60.0 cm³/mol. The number of aliphatic carboxylic acids is 1. The molecule has 2 unspecified atom stereocenters. The molecule has 0 aromatic heterocycles. The summed E-state index contributed by atoms with van der Waals surface area (Å²) in [6, 6.07) is -0.176. The number of rotatable bonds is 4. The molecular weight excluding hydrogens is 208 g/mol. The van der Waals surface area contributed by atoms with Crippen LogP contribution in [0.2, 0.25) is 0 Å². The van der Waals surface area contributed by atoms with Gasteiger partial charge < -0.3 is 15.7 Å². The van der Waals surface area contributed by atoms with Gasteiger partial charge >= 0.3 is 5.97 Å². The molecule has 0 spiro atoms. The van der Waals surface area contributed by atoms with Crippen LogP contribution >= 0.6 is 0 Å². The molecule has 0 aromatic rings. The molecule has 16 heavy (non-hydrogen) atoms. The molecule has 5 nitrogen and oxygen atoms in total. The zero-order valence-corrected chi connectivity index (χ0v) is 10.0. The zero-order valence-electron chi connectivity index (χ0n) is 10.0. The molecule has 1 rings (SSSR count). The highest BCUT2D eigenvalue weighted by atomic mass is 16.4. The first-order valence-corrected chi connectivity index (χ1v) is 5.59. The lowest BCUT2D eigenvalue weighted by atomic mass is 9.93. The summed E-state index contributed by atoms with van der Waals surface area (Å²) in [5.41, 5.74) is -0.919. The molecular formula is C11H20N2O3. The average molecular weight is 228 g/mol. The van der Waals surface area contributed by atoms with E-state index in [-0.39, 0.29) is 18.5 Å². The van der Waals surface area contributed by atoms with Crippen molar-refractivity contribution >= 4 is 11.9 Å². The molecule has 1 fully saturated rings. The minimum Gasteiger partial charge on any atom is -0.481 e. The van der Waals surface area contributed by atoms with Crippen molar-refractivity contribution in [3.05, 3.63) is 0 Å². The molecule has 92 valence electrons. The molecule has 1 heterocycles. The third-order valence-corrected chi connectivity index (χ3v) is 3.10. The summed E-state index contributed by atoms with van der Waals surface area (Å²) in [7, 11) is 0. The van der Waals surface area contributed by atoms with Gasteiger partial charge in [-0.1, -0.05) is 6.92 Å². The fourth-order valence-corrected chi connectivity index (χ4v) is 1.68. The van der Waals surface area contributed by atoms with Crippen LogP contribution in [0.15, 0.2) is 0 Å². The van der Waals surface area contributed by atoms with Gasteiger partial charge in [0.15, 0.2) is 0 Å². The Hall–Kier alpha value is -1.10. The highest BCUT2D eigenvalue weighted by molar-refractivity contribution is 5.83. The van der Waals surface area contributed by atoms with Crippen molar-refractivity contribution in [3.63, 3.8) is 0 Å². The normalized spacial score (nSPS) is 25.4. The lowest BCUT2D eigenvalue weighted by Crippen LogP contribution is -2.47. The first-order valence-electron chi connectivity index (χ1n) is 5.59. The van der Waals surface area contributed by atoms with Gasteiger partial charge in [0.25, 0.3) is 0 Å². The molecule has 1 aliphatic rings.